The van der Waals surface area contributed by atoms with E-state index in [0.717, 1.165) is 43.3 Å². The van der Waals surface area contributed by atoms with Gasteiger partial charge in [0.05, 0.1) is 21.1 Å². The normalized spacial score (nSPS) is 12.9. The molecule has 0 spiro atoms. The molecule has 0 bridgehead atoms. The van der Waals surface area contributed by atoms with Crippen LogP contribution in [0.1, 0.15) is 105 Å². The van der Waals surface area contributed by atoms with Crippen molar-refractivity contribution < 1.29 is 0 Å². The Morgan fingerprint density at radius 1 is 0.327 bits per heavy atom. The average Bonchev–Trinajstić information content (AvgIpc) is 3.41. The molecule has 0 aliphatic heterocycles. The van der Waals surface area contributed by atoms with Gasteiger partial charge in [0, 0.05) is 11.1 Å². The maximum Gasteiger partial charge on any atom is 0.109 e. The summed E-state index contributed by atoms with van der Waals surface area (Å²) in [6.45, 7) is 27.1. The number of nitrogens with zero attached hydrogens (tertiary/aromatic N) is 2. The number of fused-ring (bicyclic) bond motifs is 1. The number of aromatic nitrogens is 2. The van der Waals surface area contributed by atoms with Crippen molar-refractivity contribution in [2.24, 2.45) is 0 Å². The Kier molecular flexibility index (Phi) is 8.77. The number of hydrogen-bond donors (Lipinski definition) is 0. The molecule has 0 aliphatic rings. The van der Waals surface area contributed by atoms with E-state index in [-0.39, 0.29) is 21.7 Å². The van der Waals surface area contributed by atoms with E-state index in [1.54, 1.807) is 11.3 Å². The highest BCUT2D eigenvalue weighted by atomic mass is 32.1. The van der Waals surface area contributed by atoms with Gasteiger partial charge in [-0.05, 0) is 55.0 Å². The summed E-state index contributed by atoms with van der Waals surface area (Å²) in [4.78, 5) is 13.5. The van der Waals surface area contributed by atoms with Crippen molar-refractivity contribution in [3.05, 3.63) is 119 Å². The molecule has 49 heavy (non-hydrogen) atoms. The lowest BCUT2D eigenvalue weighted by atomic mass is 9.85. The molecule has 0 N–H and O–H groups in total. The van der Waals surface area contributed by atoms with Gasteiger partial charge in [0.15, 0.2) is 0 Å². The maximum absolute atomic E-state index is 5.58. The van der Waals surface area contributed by atoms with Gasteiger partial charge >= 0.3 is 0 Å². The lowest BCUT2D eigenvalue weighted by molar-refractivity contribution is 0.590. The molecule has 2 heterocycles. The van der Waals surface area contributed by atoms with Crippen LogP contribution >= 0.6 is 11.3 Å². The van der Waals surface area contributed by atoms with Crippen LogP contribution in [-0.4, -0.2) is 9.97 Å². The molecule has 0 saturated heterocycles. The zero-order valence-corrected chi connectivity index (χ0v) is 32.4. The smallest absolute Gasteiger partial charge is 0.109 e. The first-order valence-electron chi connectivity index (χ1n) is 17.6. The molecule has 2 aromatic heterocycles. The predicted octanol–water partition coefficient (Wildman–Crippen LogP) is 13.5. The molecule has 2 nitrogen and oxygen atoms in total. The summed E-state index contributed by atoms with van der Waals surface area (Å²) in [6.07, 6.45) is 0. The van der Waals surface area contributed by atoms with Crippen LogP contribution in [0.5, 0.6) is 0 Å². The maximum atomic E-state index is 5.58. The van der Waals surface area contributed by atoms with Crippen molar-refractivity contribution in [2.45, 2.75) is 105 Å². The SMILES string of the molecule is CC(C)(C)c1ccc(-c2nc3c(-c4ccc(C(C)(C)C)cc4)sc(-c4ccc(C(C)(C)C)cc4)c3nc2-c2ccc(C(C)(C)C)cc2)cc1. The summed E-state index contributed by atoms with van der Waals surface area (Å²) in [5, 5.41) is 0. The molecule has 3 heteroatoms. The Hall–Kier alpha value is -4.08. The van der Waals surface area contributed by atoms with Crippen LogP contribution in [0.2, 0.25) is 0 Å². The molecule has 0 atom stereocenters. The van der Waals surface area contributed by atoms with Gasteiger partial charge in [-0.15, -0.1) is 11.3 Å². The third kappa shape index (κ3) is 7.15. The van der Waals surface area contributed by atoms with Crippen LogP contribution in [0.15, 0.2) is 97.1 Å². The predicted molar refractivity (Wildman–Crippen MR) is 214 cm³/mol. The zero-order valence-electron chi connectivity index (χ0n) is 31.5. The van der Waals surface area contributed by atoms with Gasteiger partial charge in [-0.25, -0.2) is 9.97 Å². The minimum absolute atomic E-state index is 0.0664. The van der Waals surface area contributed by atoms with Crippen LogP contribution in [0.4, 0.5) is 0 Å². The van der Waals surface area contributed by atoms with Crippen LogP contribution in [0.3, 0.4) is 0 Å². The van der Waals surface area contributed by atoms with E-state index < -0.39 is 0 Å². The molecule has 0 unspecified atom stereocenters. The van der Waals surface area contributed by atoms with Crippen molar-refractivity contribution >= 4 is 22.4 Å². The summed E-state index contributed by atoms with van der Waals surface area (Å²) in [7, 11) is 0. The first-order valence-corrected chi connectivity index (χ1v) is 18.4. The Labute approximate surface area is 298 Å². The Bertz CT molecular complexity index is 1930. The van der Waals surface area contributed by atoms with Crippen LogP contribution in [0, 0.1) is 0 Å². The molecule has 0 aliphatic carbocycles. The first kappa shape index (κ1) is 34.8. The minimum atomic E-state index is 0.0664. The summed E-state index contributed by atoms with van der Waals surface area (Å²) in [5.74, 6) is 0. The highest BCUT2D eigenvalue weighted by Gasteiger charge is 2.24. The number of thiophene rings is 1. The van der Waals surface area contributed by atoms with Crippen molar-refractivity contribution in [1.82, 2.24) is 9.97 Å². The van der Waals surface area contributed by atoms with Gasteiger partial charge in [0.1, 0.15) is 11.0 Å². The number of hydrogen-bond acceptors (Lipinski definition) is 3. The van der Waals surface area contributed by atoms with Gasteiger partial charge in [-0.1, -0.05) is 180 Å². The Morgan fingerprint density at radius 3 is 0.776 bits per heavy atom. The van der Waals surface area contributed by atoms with Crippen molar-refractivity contribution in [1.29, 1.82) is 0 Å². The summed E-state index contributed by atoms with van der Waals surface area (Å²) >= 11 is 1.80. The van der Waals surface area contributed by atoms with Gasteiger partial charge in [0.25, 0.3) is 0 Å². The Morgan fingerprint density at radius 2 is 0.551 bits per heavy atom. The van der Waals surface area contributed by atoms with Crippen molar-refractivity contribution in [2.75, 3.05) is 0 Å². The number of rotatable bonds is 4. The van der Waals surface area contributed by atoms with E-state index in [2.05, 4.69) is 180 Å². The molecule has 6 rings (SSSR count). The average molecular weight is 665 g/mol. The lowest BCUT2D eigenvalue weighted by Gasteiger charge is -2.20. The summed E-state index contributed by atoms with van der Waals surface area (Å²) in [5.41, 5.74) is 13.8. The van der Waals surface area contributed by atoms with E-state index in [1.807, 2.05) is 0 Å². The molecule has 252 valence electrons. The molecule has 0 radical (unpaired) electrons. The Balaban J connectivity index is 1.64. The third-order valence-corrected chi connectivity index (χ3v) is 10.9. The second-order valence-corrected chi connectivity index (χ2v) is 18.7. The van der Waals surface area contributed by atoms with E-state index in [0.29, 0.717) is 0 Å². The largest absolute Gasteiger partial charge is 0.242 e. The number of benzene rings is 4. The minimum Gasteiger partial charge on any atom is -0.242 e. The fourth-order valence-electron chi connectivity index (χ4n) is 6.24. The topological polar surface area (TPSA) is 25.8 Å². The molecule has 0 amide bonds. The van der Waals surface area contributed by atoms with E-state index in [9.17, 15) is 0 Å². The summed E-state index contributed by atoms with van der Waals surface area (Å²) < 4.78 is 0. The molecule has 4 aromatic carbocycles. The van der Waals surface area contributed by atoms with E-state index in [4.69, 9.17) is 9.97 Å². The molecule has 0 fully saturated rings. The highest BCUT2D eigenvalue weighted by molar-refractivity contribution is 7.20. The van der Waals surface area contributed by atoms with Crippen LogP contribution in [0.25, 0.3) is 54.4 Å². The van der Waals surface area contributed by atoms with Gasteiger partial charge < -0.3 is 0 Å². The first-order chi connectivity index (χ1) is 22.8. The molecule has 6 aromatic rings. The molecular weight excluding hydrogens is 613 g/mol. The highest BCUT2D eigenvalue weighted by Crippen LogP contribution is 2.46. The summed E-state index contributed by atoms with van der Waals surface area (Å²) in [6, 6.07) is 36.0. The monoisotopic (exact) mass is 664 g/mol. The second-order valence-electron chi connectivity index (χ2n) is 17.7. The molecular formula is C46H52N2S. The standard InChI is InChI=1S/C46H52N2S/c1-43(2,3)33-21-13-29(14-22-33)37-38(30-15-23-34(24-16-30)44(4,5)6)48-40-39(47-37)41(31-17-25-35(26-18-31)45(7,8)9)49-42(40)32-19-27-36(28-20-32)46(10,11)12/h13-28H,1-12H3. The van der Waals surface area contributed by atoms with Gasteiger partial charge in [-0.3, -0.25) is 0 Å². The lowest BCUT2D eigenvalue weighted by Crippen LogP contribution is -2.10. The van der Waals surface area contributed by atoms with Crippen LogP contribution < -0.4 is 0 Å². The van der Waals surface area contributed by atoms with Crippen molar-refractivity contribution in [3.63, 3.8) is 0 Å². The van der Waals surface area contributed by atoms with E-state index >= 15 is 0 Å². The second kappa shape index (κ2) is 12.4. The zero-order chi connectivity index (χ0) is 35.5. The van der Waals surface area contributed by atoms with Gasteiger partial charge in [0.2, 0.25) is 0 Å². The molecule has 0 saturated carbocycles. The van der Waals surface area contributed by atoms with Crippen molar-refractivity contribution in [3.8, 4) is 43.4 Å². The quantitative estimate of drug-likeness (QED) is 0.187. The third-order valence-electron chi connectivity index (χ3n) is 9.61. The van der Waals surface area contributed by atoms with E-state index in [1.165, 1.54) is 33.4 Å². The fraction of sp³-hybridized carbons (Fsp3) is 0.348. The van der Waals surface area contributed by atoms with Gasteiger partial charge in [-0.2, -0.15) is 0 Å². The van der Waals surface area contributed by atoms with Crippen LogP contribution in [-0.2, 0) is 21.7 Å². The fourth-order valence-corrected chi connectivity index (χ4v) is 7.43.